The lowest BCUT2D eigenvalue weighted by atomic mass is 9.42. The van der Waals surface area contributed by atoms with Crippen LogP contribution in [0.1, 0.15) is 134 Å². The van der Waals surface area contributed by atoms with Crippen LogP contribution in [0.25, 0.3) is 0 Å². The van der Waals surface area contributed by atoms with E-state index < -0.39 is 16.4 Å². The molecule has 0 heterocycles. The van der Waals surface area contributed by atoms with Crippen molar-refractivity contribution in [3.63, 3.8) is 0 Å². The Balaban J connectivity index is 2.53. The van der Waals surface area contributed by atoms with Gasteiger partial charge >= 0.3 is 6.09 Å². The Kier molecular flexibility index (Phi) is 10.8. The number of Topliss-reactive ketones (excluding diaryl/α,β-unsaturated/α-hetero) is 1. The van der Waals surface area contributed by atoms with Gasteiger partial charge in [-0.15, -0.1) is 0 Å². The van der Waals surface area contributed by atoms with Gasteiger partial charge in [-0.2, -0.15) is 5.26 Å². The minimum absolute atomic E-state index is 0.0133. The molecule has 6 heteroatoms. The molecule has 42 heavy (non-hydrogen) atoms. The summed E-state index contributed by atoms with van der Waals surface area (Å²) in [7, 11) is 0. The Labute approximate surface area is 256 Å². The van der Waals surface area contributed by atoms with Crippen molar-refractivity contribution in [1.82, 2.24) is 5.32 Å². The lowest BCUT2D eigenvalue weighted by molar-refractivity contribution is -0.131. The third-order valence-electron chi connectivity index (χ3n) is 11.2. The van der Waals surface area contributed by atoms with Crippen LogP contribution in [0.4, 0.5) is 4.79 Å². The van der Waals surface area contributed by atoms with Crippen molar-refractivity contribution in [3.8, 4) is 6.07 Å². The van der Waals surface area contributed by atoms with Crippen LogP contribution in [0, 0.1) is 44.3 Å². The second-order valence-corrected chi connectivity index (χ2v) is 15.8. The summed E-state index contributed by atoms with van der Waals surface area (Å²) >= 11 is 0. The Bertz CT molecular complexity index is 1150. The zero-order chi connectivity index (χ0) is 32.4. The van der Waals surface area contributed by atoms with Crippen LogP contribution in [-0.4, -0.2) is 29.8 Å². The van der Waals surface area contributed by atoms with Crippen LogP contribution in [0.15, 0.2) is 23.3 Å². The summed E-state index contributed by atoms with van der Waals surface area (Å²) in [5, 5.41) is 13.1. The average molecular weight is 583 g/mol. The number of carbonyl (C=O) groups is 3. The van der Waals surface area contributed by atoms with E-state index in [-0.39, 0.29) is 45.4 Å². The van der Waals surface area contributed by atoms with Crippen molar-refractivity contribution >= 4 is 17.7 Å². The lowest BCUT2D eigenvalue weighted by Gasteiger charge is -2.61. The smallest absolute Gasteiger partial charge is 0.407 e. The molecule has 2 aliphatic rings. The molecule has 6 nitrogen and oxygen atoms in total. The molecule has 0 aliphatic heterocycles. The Morgan fingerprint density at radius 2 is 1.64 bits per heavy atom. The van der Waals surface area contributed by atoms with E-state index in [2.05, 4.69) is 66.8 Å². The van der Waals surface area contributed by atoms with Crippen LogP contribution >= 0.6 is 0 Å². The molecular weight excluding hydrogens is 524 g/mol. The molecule has 0 radical (unpaired) electrons. The highest BCUT2D eigenvalue weighted by molar-refractivity contribution is 6.04. The van der Waals surface area contributed by atoms with E-state index in [9.17, 15) is 19.6 Å². The molecule has 0 bridgehead atoms. The number of ether oxygens (including phenoxy) is 1. The minimum Gasteiger partial charge on any atom is -0.450 e. The molecule has 0 unspecified atom stereocenters. The molecule has 1 amide bonds. The van der Waals surface area contributed by atoms with Crippen LogP contribution in [0.5, 0.6) is 0 Å². The standard InChI is InChI=1S/C36H58N2O4/c1-13-16-31(4,5)18-20-34(10,38-30(41)42-14-2)21-19-32(6,7)36(12)17-15-27-33(8,9)29(40)26(24-37)23-35(27,11)28(36)22-25(3)39/h22-23,27H,13-21H2,1-12H3,(H,38,41)/b28-22-/t27-,34-,35-,36+/m0/s1. The first-order valence-corrected chi connectivity index (χ1v) is 16.0. The summed E-state index contributed by atoms with van der Waals surface area (Å²) in [4.78, 5) is 38.7. The number of hydrogen-bond donors (Lipinski definition) is 1. The van der Waals surface area contributed by atoms with Crippen molar-refractivity contribution in [3.05, 3.63) is 23.3 Å². The fourth-order valence-electron chi connectivity index (χ4n) is 8.06. The fourth-order valence-corrected chi connectivity index (χ4v) is 8.06. The molecule has 0 spiro atoms. The number of carbonyl (C=O) groups excluding carboxylic acids is 3. The van der Waals surface area contributed by atoms with E-state index in [1.165, 1.54) is 0 Å². The number of allylic oxidation sites excluding steroid dienone is 4. The third kappa shape index (κ3) is 7.20. The van der Waals surface area contributed by atoms with Crippen molar-refractivity contribution in [2.45, 2.75) is 140 Å². The van der Waals surface area contributed by atoms with Crippen LogP contribution in [0.3, 0.4) is 0 Å². The molecule has 2 aliphatic carbocycles. The zero-order valence-corrected chi connectivity index (χ0v) is 28.7. The maximum atomic E-state index is 13.3. The summed E-state index contributed by atoms with van der Waals surface area (Å²) in [6.07, 6.45) is 10.6. The molecule has 0 aromatic rings. The van der Waals surface area contributed by atoms with E-state index in [0.717, 1.165) is 56.9 Å². The van der Waals surface area contributed by atoms with E-state index in [0.29, 0.717) is 6.61 Å². The molecular formula is C36H58N2O4. The largest absolute Gasteiger partial charge is 0.450 e. The zero-order valence-electron chi connectivity index (χ0n) is 28.7. The Hall–Kier alpha value is -2.42. The first kappa shape index (κ1) is 35.8. The maximum absolute atomic E-state index is 13.3. The number of nitrogens with zero attached hydrogens (tertiary/aromatic N) is 1. The van der Waals surface area contributed by atoms with Gasteiger partial charge in [-0.05, 0) is 94.0 Å². The molecule has 4 atom stereocenters. The summed E-state index contributed by atoms with van der Waals surface area (Å²) in [5.74, 6) is -0.146. The van der Waals surface area contributed by atoms with Crippen molar-refractivity contribution < 1.29 is 19.1 Å². The highest BCUT2D eigenvalue weighted by atomic mass is 16.5. The summed E-state index contributed by atoms with van der Waals surface area (Å²) in [6, 6.07) is 2.16. The molecule has 1 fully saturated rings. The van der Waals surface area contributed by atoms with E-state index in [4.69, 9.17) is 4.74 Å². The van der Waals surface area contributed by atoms with Crippen molar-refractivity contribution in [2.75, 3.05) is 6.61 Å². The van der Waals surface area contributed by atoms with Gasteiger partial charge in [-0.3, -0.25) is 9.59 Å². The number of alkyl carbamates (subject to hydrolysis) is 1. The fraction of sp³-hybridized carbons (Fsp3) is 0.778. The van der Waals surface area contributed by atoms with Crippen molar-refractivity contribution in [1.29, 1.82) is 5.26 Å². The summed E-state index contributed by atoms with van der Waals surface area (Å²) in [6.45, 7) is 25.5. The van der Waals surface area contributed by atoms with Gasteiger partial charge in [0, 0.05) is 16.4 Å². The number of nitrogens with one attached hydrogen (secondary N) is 1. The minimum atomic E-state index is -0.705. The van der Waals surface area contributed by atoms with Gasteiger partial charge in [0.25, 0.3) is 0 Å². The Morgan fingerprint density at radius 1 is 1.05 bits per heavy atom. The number of amides is 1. The van der Waals surface area contributed by atoms with Gasteiger partial charge in [0.2, 0.25) is 0 Å². The van der Waals surface area contributed by atoms with Gasteiger partial charge in [-0.1, -0.05) is 80.4 Å². The average Bonchev–Trinajstić information content (AvgIpc) is 2.86. The highest BCUT2D eigenvalue weighted by Gasteiger charge is 2.61. The third-order valence-corrected chi connectivity index (χ3v) is 11.2. The predicted molar refractivity (Wildman–Crippen MR) is 170 cm³/mol. The first-order chi connectivity index (χ1) is 19.1. The Morgan fingerprint density at radius 3 is 2.17 bits per heavy atom. The quantitative estimate of drug-likeness (QED) is 0.232. The van der Waals surface area contributed by atoms with Gasteiger partial charge in [0.15, 0.2) is 11.6 Å². The topological polar surface area (TPSA) is 96.3 Å². The van der Waals surface area contributed by atoms with Gasteiger partial charge < -0.3 is 10.1 Å². The van der Waals surface area contributed by atoms with Gasteiger partial charge in [-0.25, -0.2) is 4.79 Å². The molecule has 1 N–H and O–H groups in total. The number of hydrogen-bond acceptors (Lipinski definition) is 5. The predicted octanol–water partition coefficient (Wildman–Crippen LogP) is 8.90. The second kappa shape index (κ2) is 12.7. The molecule has 236 valence electrons. The summed E-state index contributed by atoms with van der Waals surface area (Å²) < 4.78 is 5.31. The summed E-state index contributed by atoms with van der Waals surface area (Å²) in [5.41, 5.74) is -1.01. The molecule has 1 saturated carbocycles. The number of rotatable bonds is 12. The van der Waals surface area contributed by atoms with E-state index in [1.807, 2.05) is 26.8 Å². The molecule has 0 aromatic carbocycles. The first-order valence-electron chi connectivity index (χ1n) is 16.0. The second-order valence-electron chi connectivity index (χ2n) is 15.8. The monoisotopic (exact) mass is 582 g/mol. The van der Waals surface area contributed by atoms with Crippen LogP contribution in [-0.2, 0) is 14.3 Å². The van der Waals surface area contributed by atoms with Crippen LogP contribution in [0.2, 0.25) is 0 Å². The number of ketones is 2. The molecule has 0 aromatic heterocycles. The van der Waals surface area contributed by atoms with E-state index >= 15 is 0 Å². The van der Waals surface area contributed by atoms with E-state index in [1.54, 1.807) is 13.0 Å². The van der Waals surface area contributed by atoms with Gasteiger partial charge in [0.1, 0.15) is 6.07 Å². The maximum Gasteiger partial charge on any atom is 0.407 e. The number of fused-ring (bicyclic) bond motifs is 1. The van der Waals surface area contributed by atoms with Gasteiger partial charge in [0.05, 0.1) is 12.2 Å². The molecule has 2 rings (SSSR count). The SMILES string of the molecule is CCCC(C)(C)CC[C@@](C)(CCC(C)(C)[C@]1(C)CC[C@H]2C(C)(C)C(=O)C(C#N)=C[C@]2(C)/C1=C/C(C)=O)NC(=O)OCC. The highest BCUT2D eigenvalue weighted by Crippen LogP contribution is 2.67. The molecule has 0 saturated heterocycles. The van der Waals surface area contributed by atoms with Crippen molar-refractivity contribution in [2.24, 2.45) is 33.0 Å². The van der Waals surface area contributed by atoms with Crippen LogP contribution < -0.4 is 5.32 Å². The lowest BCUT2D eigenvalue weighted by Crippen LogP contribution is -2.56. The normalized spacial score (nSPS) is 28.3. The number of nitriles is 1.